The van der Waals surface area contributed by atoms with Gasteiger partial charge in [0, 0.05) is 0 Å². The van der Waals surface area contributed by atoms with E-state index < -0.39 is 0 Å². The number of halogens is 1. The monoisotopic (exact) mass is 376 g/mol. The SMILES string of the molecule is Cc1nc2c(Br)nn([C@@H](C)COCc3ccccc3)c2c(=O)[nH]1. The van der Waals surface area contributed by atoms with Crippen molar-refractivity contribution in [1.29, 1.82) is 0 Å². The molecule has 1 atom stereocenters. The largest absolute Gasteiger partial charge is 0.375 e. The van der Waals surface area contributed by atoms with Gasteiger partial charge < -0.3 is 9.72 Å². The summed E-state index contributed by atoms with van der Waals surface area (Å²) in [5.74, 6) is 0.565. The normalized spacial score (nSPS) is 12.7. The Bertz CT molecular complexity index is 873. The topological polar surface area (TPSA) is 72.8 Å². The molecule has 2 aromatic heterocycles. The number of H-pyrrole nitrogens is 1. The summed E-state index contributed by atoms with van der Waals surface area (Å²) < 4.78 is 7.98. The summed E-state index contributed by atoms with van der Waals surface area (Å²) >= 11 is 3.37. The van der Waals surface area contributed by atoms with Crippen LogP contribution in [0.25, 0.3) is 11.0 Å². The van der Waals surface area contributed by atoms with Crippen LogP contribution in [0, 0.1) is 6.92 Å². The molecule has 0 saturated heterocycles. The third-order valence-corrected chi connectivity index (χ3v) is 4.06. The van der Waals surface area contributed by atoms with E-state index in [-0.39, 0.29) is 11.6 Å². The third-order valence-electron chi connectivity index (χ3n) is 3.52. The number of nitrogens with zero attached hydrogens (tertiary/aromatic N) is 3. The number of nitrogens with one attached hydrogen (secondary N) is 1. The Morgan fingerprint density at radius 3 is 2.83 bits per heavy atom. The molecule has 0 saturated carbocycles. The zero-order chi connectivity index (χ0) is 16.4. The highest BCUT2D eigenvalue weighted by Gasteiger charge is 2.18. The maximum atomic E-state index is 12.2. The van der Waals surface area contributed by atoms with Crippen molar-refractivity contribution >= 4 is 27.0 Å². The molecule has 7 heteroatoms. The molecule has 2 heterocycles. The van der Waals surface area contributed by atoms with Gasteiger partial charge in [-0.2, -0.15) is 5.10 Å². The van der Waals surface area contributed by atoms with E-state index in [0.717, 1.165) is 5.56 Å². The number of benzene rings is 1. The Balaban J connectivity index is 1.79. The zero-order valence-electron chi connectivity index (χ0n) is 12.9. The van der Waals surface area contributed by atoms with Crippen LogP contribution in [-0.4, -0.2) is 26.4 Å². The summed E-state index contributed by atoms with van der Waals surface area (Å²) in [7, 11) is 0. The van der Waals surface area contributed by atoms with Crippen LogP contribution in [0.2, 0.25) is 0 Å². The van der Waals surface area contributed by atoms with Crippen molar-refractivity contribution < 1.29 is 4.74 Å². The van der Waals surface area contributed by atoms with Crippen LogP contribution >= 0.6 is 15.9 Å². The molecule has 0 radical (unpaired) electrons. The first-order valence-electron chi connectivity index (χ1n) is 7.32. The number of aryl methyl sites for hydroxylation is 1. The van der Waals surface area contributed by atoms with Gasteiger partial charge in [-0.05, 0) is 35.3 Å². The molecule has 0 fully saturated rings. The van der Waals surface area contributed by atoms with Gasteiger partial charge in [0.05, 0.1) is 19.3 Å². The first-order chi connectivity index (χ1) is 11.1. The molecule has 0 amide bonds. The van der Waals surface area contributed by atoms with Gasteiger partial charge in [-0.1, -0.05) is 30.3 Å². The van der Waals surface area contributed by atoms with Crippen LogP contribution < -0.4 is 5.56 Å². The Morgan fingerprint density at radius 1 is 1.35 bits per heavy atom. The molecule has 1 N–H and O–H groups in total. The van der Waals surface area contributed by atoms with E-state index in [2.05, 4.69) is 31.0 Å². The Hall–Kier alpha value is -1.99. The highest BCUT2D eigenvalue weighted by molar-refractivity contribution is 9.10. The lowest BCUT2D eigenvalue weighted by Gasteiger charge is -2.13. The lowest BCUT2D eigenvalue weighted by Crippen LogP contribution is -2.19. The maximum Gasteiger partial charge on any atom is 0.277 e. The number of fused-ring (bicyclic) bond motifs is 1. The van der Waals surface area contributed by atoms with Gasteiger partial charge in [0.1, 0.15) is 11.3 Å². The molecule has 0 unspecified atom stereocenters. The number of hydrogen-bond acceptors (Lipinski definition) is 4. The predicted molar refractivity (Wildman–Crippen MR) is 91.4 cm³/mol. The lowest BCUT2D eigenvalue weighted by atomic mass is 10.2. The standard InChI is InChI=1S/C16H17BrN4O2/c1-10(8-23-9-12-6-4-3-5-7-12)21-14-13(15(17)20-21)18-11(2)19-16(14)22/h3-7,10H,8-9H2,1-2H3,(H,18,19,22)/t10-/m0/s1. The van der Waals surface area contributed by atoms with Crippen LogP contribution in [0.3, 0.4) is 0 Å². The highest BCUT2D eigenvalue weighted by Crippen LogP contribution is 2.22. The molecular weight excluding hydrogens is 360 g/mol. The minimum atomic E-state index is -0.194. The van der Waals surface area contributed by atoms with Crippen molar-refractivity contribution in [3.8, 4) is 0 Å². The predicted octanol–water partition coefficient (Wildman–Crippen LogP) is 2.97. The maximum absolute atomic E-state index is 12.2. The Kier molecular flexibility index (Phi) is 4.58. The summed E-state index contributed by atoms with van der Waals surface area (Å²) in [6, 6.07) is 9.88. The molecule has 0 aliphatic heterocycles. The fourth-order valence-corrected chi connectivity index (χ4v) is 2.89. The summed E-state index contributed by atoms with van der Waals surface area (Å²) in [4.78, 5) is 19.3. The molecule has 6 nitrogen and oxygen atoms in total. The Morgan fingerprint density at radius 2 is 2.09 bits per heavy atom. The fourth-order valence-electron chi connectivity index (χ4n) is 2.44. The summed E-state index contributed by atoms with van der Waals surface area (Å²) in [6.07, 6.45) is 0. The molecule has 23 heavy (non-hydrogen) atoms. The van der Waals surface area contributed by atoms with Crippen LogP contribution in [0.5, 0.6) is 0 Å². The van der Waals surface area contributed by atoms with E-state index in [9.17, 15) is 4.79 Å². The molecule has 0 spiro atoms. The molecule has 3 rings (SSSR count). The van der Waals surface area contributed by atoms with Gasteiger partial charge in [0.25, 0.3) is 5.56 Å². The van der Waals surface area contributed by atoms with E-state index in [1.165, 1.54) is 0 Å². The lowest BCUT2D eigenvalue weighted by molar-refractivity contribution is 0.0925. The van der Waals surface area contributed by atoms with Crippen LogP contribution in [0.4, 0.5) is 0 Å². The van der Waals surface area contributed by atoms with E-state index in [1.807, 2.05) is 37.3 Å². The number of rotatable bonds is 5. The van der Waals surface area contributed by atoms with E-state index in [4.69, 9.17) is 4.74 Å². The molecule has 0 aliphatic carbocycles. The highest BCUT2D eigenvalue weighted by atomic mass is 79.9. The molecular formula is C16H17BrN4O2. The van der Waals surface area contributed by atoms with Crippen LogP contribution in [0.15, 0.2) is 39.7 Å². The summed E-state index contributed by atoms with van der Waals surface area (Å²) in [6.45, 7) is 4.69. The van der Waals surface area contributed by atoms with Gasteiger partial charge in [-0.15, -0.1) is 0 Å². The third kappa shape index (κ3) is 3.35. The van der Waals surface area contributed by atoms with E-state index in [0.29, 0.717) is 34.7 Å². The average Bonchev–Trinajstić information content (AvgIpc) is 2.86. The second kappa shape index (κ2) is 6.64. The van der Waals surface area contributed by atoms with Gasteiger partial charge in [-0.3, -0.25) is 9.48 Å². The van der Waals surface area contributed by atoms with Crippen LogP contribution in [0.1, 0.15) is 24.4 Å². The molecule has 120 valence electrons. The Labute approximate surface area is 141 Å². The number of ether oxygens (including phenoxy) is 1. The number of hydrogen-bond donors (Lipinski definition) is 1. The molecule has 0 aliphatic rings. The minimum Gasteiger partial charge on any atom is -0.375 e. The summed E-state index contributed by atoms with van der Waals surface area (Å²) in [5, 5.41) is 4.39. The second-order valence-corrected chi connectivity index (χ2v) is 6.18. The number of aromatic nitrogens is 4. The summed E-state index contributed by atoms with van der Waals surface area (Å²) in [5.41, 5.74) is 1.95. The molecule has 1 aromatic carbocycles. The van der Waals surface area contributed by atoms with E-state index in [1.54, 1.807) is 11.6 Å². The minimum absolute atomic E-state index is 0.0851. The van der Waals surface area contributed by atoms with Gasteiger partial charge >= 0.3 is 0 Å². The van der Waals surface area contributed by atoms with Gasteiger partial charge in [0.15, 0.2) is 10.1 Å². The first-order valence-corrected chi connectivity index (χ1v) is 8.12. The van der Waals surface area contributed by atoms with Crippen molar-refractivity contribution in [2.75, 3.05) is 6.61 Å². The molecule has 3 aromatic rings. The van der Waals surface area contributed by atoms with Gasteiger partial charge in [-0.25, -0.2) is 4.98 Å². The van der Waals surface area contributed by atoms with Crippen molar-refractivity contribution in [3.05, 3.63) is 56.7 Å². The average molecular weight is 377 g/mol. The number of aromatic amines is 1. The fraction of sp³-hybridized carbons (Fsp3) is 0.312. The molecule has 0 bridgehead atoms. The van der Waals surface area contributed by atoms with Crippen molar-refractivity contribution in [1.82, 2.24) is 19.7 Å². The second-order valence-electron chi connectivity index (χ2n) is 5.43. The quantitative estimate of drug-likeness (QED) is 0.742. The van der Waals surface area contributed by atoms with Crippen LogP contribution in [-0.2, 0) is 11.3 Å². The van der Waals surface area contributed by atoms with Gasteiger partial charge in [0.2, 0.25) is 0 Å². The first kappa shape index (κ1) is 15.9. The van der Waals surface area contributed by atoms with Crippen molar-refractivity contribution in [3.63, 3.8) is 0 Å². The zero-order valence-corrected chi connectivity index (χ0v) is 14.5. The smallest absolute Gasteiger partial charge is 0.277 e. The van der Waals surface area contributed by atoms with E-state index >= 15 is 0 Å². The van der Waals surface area contributed by atoms with Crippen molar-refractivity contribution in [2.24, 2.45) is 0 Å². The van der Waals surface area contributed by atoms with Crippen molar-refractivity contribution in [2.45, 2.75) is 26.5 Å².